The molecule has 2 heterocycles. The highest BCUT2D eigenvalue weighted by atomic mass is 16.3. The third-order valence-electron chi connectivity index (χ3n) is 4.83. The van der Waals surface area contributed by atoms with Crippen molar-refractivity contribution < 1.29 is 4.42 Å². The lowest BCUT2D eigenvalue weighted by Crippen LogP contribution is -1.96. The summed E-state index contributed by atoms with van der Waals surface area (Å²) in [5.41, 5.74) is 4.92. The second-order valence-electron chi connectivity index (χ2n) is 6.80. The Kier molecular flexibility index (Phi) is 4.80. The molecular formula is C26H19N3O. The summed E-state index contributed by atoms with van der Waals surface area (Å²) < 4.78 is 7.35. The molecule has 2 aromatic heterocycles. The smallest absolute Gasteiger partial charge is 0.164 e. The van der Waals surface area contributed by atoms with Crippen LogP contribution in [0, 0.1) is 0 Å². The van der Waals surface area contributed by atoms with E-state index in [0.717, 1.165) is 33.9 Å². The van der Waals surface area contributed by atoms with Crippen molar-refractivity contribution in [2.45, 2.75) is 0 Å². The fraction of sp³-hybridized carbons (Fsp3) is 0. The minimum Gasteiger partial charge on any atom is -0.463 e. The summed E-state index contributed by atoms with van der Waals surface area (Å²) in [6.07, 6.45) is 3.38. The number of furan rings is 1. The highest BCUT2D eigenvalue weighted by Crippen LogP contribution is 2.40. The first-order chi connectivity index (χ1) is 14.9. The number of rotatable bonds is 5. The zero-order valence-corrected chi connectivity index (χ0v) is 16.2. The van der Waals surface area contributed by atoms with Crippen LogP contribution < -0.4 is 0 Å². The van der Waals surface area contributed by atoms with E-state index in [1.165, 1.54) is 0 Å². The molecule has 0 bridgehead atoms. The van der Waals surface area contributed by atoms with E-state index in [4.69, 9.17) is 14.5 Å². The number of benzene rings is 3. The van der Waals surface area contributed by atoms with Crippen molar-refractivity contribution in [1.29, 1.82) is 0 Å². The molecule has 0 aliphatic carbocycles. The Bertz CT molecular complexity index is 1260. The fourth-order valence-electron chi connectivity index (χ4n) is 3.44. The van der Waals surface area contributed by atoms with E-state index in [1.807, 2.05) is 83.5 Å². The molecule has 0 spiro atoms. The summed E-state index contributed by atoms with van der Waals surface area (Å²) >= 11 is 0. The van der Waals surface area contributed by atoms with E-state index in [9.17, 15) is 0 Å². The summed E-state index contributed by atoms with van der Waals surface area (Å²) in [6, 6.07) is 34.3. The van der Waals surface area contributed by atoms with E-state index in [-0.39, 0.29) is 0 Å². The first kappa shape index (κ1) is 17.9. The maximum absolute atomic E-state index is 5.46. The number of hydrogen-bond donors (Lipinski definition) is 0. The van der Waals surface area contributed by atoms with Gasteiger partial charge in [-0.3, -0.25) is 0 Å². The maximum atomic E-state index is 5.46. The fourth-order valence-corrected chi connectivity index (χ4v) is 3.44. The van der Waals surface area contributed by atoms with Crippen LogP contribution in [0.3, 0.4) is 0 Å². The predicted octanol–water partition coefficient (Wildman–Crippen LogP) is 6.55. The average molecular weight is 389 g/mol. The molecule has 0 aliphatic rings. The molecule has 0 radical (unpaired) electrons. The lowest BCUT2D eigenvalue weighted by molar-refractivity contribution is 0.560. The molecule has 0 atom stereocenters. The number of aliphatic imine (C=N–C) groups is 1. The number of nitrogens with zero attached hydrogens (tertiary/aromatic N) is 3. The van der Waals surface area contributed by atoms with Gasteiger partial charge in [0.25, 0.3) is 0 Å². The van der Waals surface area contributed by atoms with E-state index in [2.05, 4.69) is 24.3 Å². The second kappa shape index (κ2) is 8.05. The van der Waals surface area contributed by atoms with Gasteiger partial charge in [0.1, 0.15) is 11.5 Å². The van der Waals surface area contributed by atoms with Gasteiger partial charge in [0.05, 0.1) is 23.7 Å². The van der Waals surface area contributed by atoms with Gasteiger partial charge >= 0.3 is 0 Å². The third kappa shape index (κ3) is 3.47. The van der Waals surface area contributed by atoms with Crippen LogP contribution in [0.1, 0.15) is 5.76 Å². The summed E-state index contributed by atoms with van der Waals surface area (Å²) in [5, 5.41) is 5.00. The maximum Gasteiger partial charge on any atom is 0.164 e. The monoisotopic (exact) mass is 389 g/mol. The van der Waals surface area contributed by atoms with Crippen LogP contribution in [-0.4, -0.2) is 16.0 Å². The highest BCUT2D eigenvalue weighted by Gasteiger charge is 2.21. The largest absolute Gasteiger partial charge is 0.463 e. The minimum absolute atomic E-state index is 0.691. The van der Waals surface area contributed by atoms with E-state index < -0.39 is 0 Å². The van der Waals surface area contributed by atoms with Crippen molar-refractivity contribution in [3.8, 4) is 28.1 Å². The molecule has 0 unspecified atom stereocenters. The summed E-state index contributed by atoms with van der Waals surface area (Å²) in [7, 11) is 0. The van der Waals surface area contributed by atoms with Crippen molar-refractivity contribution in [3.63, 3.8) is 0 Å². The van der Waals surface area contributed by atoms with Crippen LogP contribution in [0.4, 0.5) is 5.82 Å². The number of para-hydroxylation sites is 1. The Morgan fingerprint density at radius 1 is 0.700 bits per heavy atom. The second-order valence-corrected chi connectivity index (χ2v) is 6.80. The molecule has 0 amide bonds. The van der Waals surface area contributed by atoms with Crippen molar-refractivity contribution in [3.05, 3.63) is 115 Å². The van der Waals surface area contributed by atoms with Gasteiger partial charge in [-0.05, 0) is 29.8 Å². The number of hydrogen-bond acceptors (Lipinski definition) is 3. The molecule has 0 N–H and O–H groups in total. The Hall–Kier alpha value is -4.18. The lowest BCUT2D eigenvalue weighted by Gasteiger charge is -2.06. The summed E-state index contributed by atoms with van der Waals surface area (Å²) in [5.74, 6) is 1.44. The zero-order chi connectivity index (χ0) is 20.2. The molecule has 4 heteroatoms. The molecular weight excluding hydrogens is 370 g/mol. The molecule has 0 fully saturated rings. The first-order valence-corrected chi connectivity index (χ1v) is 9.77. The molecule has 5 rings (SSSR count). The average Bonchev–Trinajstić information content (AvgIpc) is 3.47. The van der Waals surface area contributed by atoms with Gasteiger partial charge in [-0.25, -0.2) is 9.67 Å². The highest BCUT2D eigenvalue weighted by molar-refractivity contribution is 5.91. The Morgan fingerprint density at radius 3 is 1.97 bits per heavy atom. The van der Waals surface area contributed by atoms with Crippen LogP contribution in [0.15, 0.2) is 119 Å². The van der Waals surface area contributed by atoms with Crippen LogP contribution in [-0.2, 0) is 0 Å². The first-order valence-electron chi connectivity index (χ1n) is 9.77. The SMILES string of the molecule is C(=N\c1c(-c2ccccc2)c(-c2ccccc2)nn1-c1ccccc1)/c1ccco1. The van der Waals surface area contributed by atoms with Crippen molar-refractivity contribution in [2.24, 2.45) is 4.99 Å². The molecule has 0 aliphatic heterocycles. The number of aromatic nitrogens is 2. The third-order valence-corrected chi connectivity index (χ3v) is 4.83. The predicted molar refractivity (Wildman–Crippen MR) is 120 cm³/mol. The van der Waals surface area contributed by atoms with E-state index in [0.29, 0.717) is 5.76 Å². The van der Waals surface area contributed by atoms with Crippen LogP contribution in [0.25, 0.3) is 28.1 Å². The van der Waals surface area contributed by atoms with Crippen molar-refractivity contribution >= 4 is 12.0 Å². The van der Waals surface area contributed by atoms with Gasteiger partial charge in [-0.1, -0.05) is 78.9 Å². The van der Waals surface area contributed by atoms with Gasteiger partial charge in [-0.15, -0.1) is 0 Å². The summed E-state index contributed by atoms with van der Waals surface area (Å²) in [6.45, 7) is 0. The molecule has 0 saturated heterocycles. The van der Waals surface area contributed by atoms with Gasteiger partial charge in [0.15, 0.2) is 5.82 Å². The van der Waals surface area contributed by atoms with Crippen LogP contribution in [0.5, 0.6) is 0 Å². The molecule has 4 nitrogen and oxygen atoms in total. The molecule has 3 aromatic carbocycles. The normalized spacial score (nSPS) is 11.2. The molecule has 0 saturated carbocycles. The van der Waals surface area contributed by atoms with Gasteiger partial charge in [-0.2, -0.15) is 5.10 Å². The van der Waals surface area contributed by atoms with Crippen LogP contribution >= 0.6 is 0 Å². The minimum atomic E-state index is 0.691. The van der Waals surface area contributed by atoms with Gasteiger partial charge < -0.3 is 4.42 Å². The van der Waals surface area contributed by atoms with Crippen molar-refractivity contribution in [1.82, 2.24) is 9.78 Å². The summed E-state index contributed by atoms with van der Waals surface area (Å²) in [4.78, 5) is 4.83. The van der Waals surface area contributed by atoms with Crippen LogP contribution in [0.2, 0.25) is 0 Å². The van der Waals surface area contributed by atoms with Gasteiger partial charge in [0.2, 0.25) is 0 Å². The Balaban J connectivity index is 1.80. The topological polar surface area (TPSA) is 43.3 Å². The zero-order valence-electron chi connectivity index (χ0n) is 16.2. The van der Waals surface area contributed by atoms with E-state index >= 15 is 0 Å². The van der Waals surface area contributed by atoms with Gasteiger partial charge in [0, 0.05) is 5.56 Å². The molecule has 144 valence electrons. The standard InChI is InChI=1S/C26H19N3O/c1-4-11-20(12-5-1)24-25(21-13-6-2-7-14-21)28-29(22-15-8-3-9-16-22)26(24)27-19-23-17-10-18-30-23/h1-19H/b27-19+. The van der Waals surface area contributed by atoms with E-state index in [1.54, 1.807) is 12.5 Å². The Morgan fingerprint density at radius 2 is 1.33 bits per heavy atom. The molecule has 30 heavy (non-hydrogen) atoms. The molecule has 5 aromatic rings. The Labute approximate surface area is 174 Å². The quantitative estimate of drug-likeness (QED) is 0.320. The van der Waals surface area contributed by atoms with Crippen molar-refractivity contribution in [2.75, 3.05) is 0 Å². The lowest BCUT2D eigenvalue weighted by atomic mass is 10.0.